The SMILES string of the molecule is CC(Oc1csc2ccccc12)(Oc1csc2ccccc12)N(CC(=O)c1cccc(N)c1)Cc1ccccc1. The average Bonchev–Trinajstić information content (AvgIpc) is 3.57. The standard InChI is InChI=1S/C33H28N2O3S2/c1-33(37-29-21-39-31-16-7-5-14-26(29)31,38-30-22-40-32-17-8-6-15-27(30)32)35(19-23-10-3-2-4-11-23)20-28(36)24-12-9-13-25(34)18-24/h2-18,21-22H,19-20,34H2,1H3. The van der Waals surface area contributed by atoms with Crippen molar-refractivity contribution in [3.8, 4) is 11.5 Å². The molecule has 0 aliphatic rings. The molecular weight excluding hydrogens is 537 g/mol. The van der Waals surface area contributed by atoms with Crippen LogP contribution in [0.15, 0.2) is 114 Å². The second-order valence-electron chi connectivity index (χ2n) is 9.68. The number of carbonyl (C=O) groups is 1. The number of fused-ring (bicyclic) bond motifs is 2. The van der Waals surface area contributed by atoms with E-state index in [1.807, 2.05) is 89.3 Å². The highest BCUT2D eigenvalue weighted by atomic mass is 32.1. The van der Waals surface area contributed by atoms with Crippen LogP contribution in [0.2, 0.25) is 0 Å². The Morgan fingerprint density at radius 1 is 0.775 bits per heavy atom. The normalized spacial score (nSPS) is 11.8. The Kier molecular flexibility index (Phi) is 7.26. The van der Waals surface area contributed by atoms with Crippen LogP contribution in [0.25, 0.3) is 20.2 Å². The lowest BCUT2D eigenvalue weighted by atomic mass is 10.1. The maximum Gasteiger partial charge on any atom is 0.313 e. The van der Waals surface area contributed by atoms with Gasteiger partial charge >= 0.3 is 5.91 Å². The summed E-state index contributed by atoms with van der Waals surface area (Å²) >= 11 is 3.23. The fourth-order valence-electron chi connectivity index (χ4n) is 4.75. The van der Waals surface area contributed by atoms with Crippen molar-refractivity contribution in [2.45, 2.75) is 19.4 Å². The lowest BCUT2D eigenvalue weighted by molar-refractivity contribution is -0.209. The Morgan fingerprint density at radius 2 is 1.35 bits per heavy atom. The Balaban J connectivity index is 1.44. The zero-order chi connectivity index (χ0) is 27.5. The number of benzene rings is 4. The van der Waals surface area contributed by atoms with Crippen LogP contribution in [0, 0.1) is 0 Å². The fourth-order valence-corrected chi connectivity index (χ4v) is 6.47. The highest BCUT2D eigenvalue weighted by molar-refractivity contribution is 7.17. The molecule has 0 bridgehead atoms. The van der Waals surface area contributed by atoms with E-state index >= 15 is 0 Å². The van der Waals surface area contributed by atoms with E-state index in [1.165, 1.54) is 0 Å². The van der Waals surface area contributed by atoms with Gasteiger partial charge in [0.25, 0.3) is 0 Å². The van der Waals surface area contributed by atoms with Crippen molar-refractivity contribution in [1.82, 2.24) is 4.90 Å². The molecule has 0 unspecified atom stereocenters. The number of hydrogen-bond donors (Lipinski definition) is 1. The van der Waals surface area contributed by atoms with Crippen LogP contribution in [-0.2, 0) is 6.54 Å². The molecule has 4 aromatic carbocycles. The van der Waals surface area contributed by atoms with E-state index < -0.39 is 5.91 Å². The van der Waals surface area contributed by atoms with Crippen LogP contribution in [0.5, 0.6) is 11.5 Å². The van der Waals surface area contributed by atoms with Gasteiger partial charge in [0.05, 0.1) is 6.54 Å². The van der Waals surface area contributed by atoms with Crippen molar-refractivity contribution >= 4 is 54.3 Å². The summed E-state index contributed by atoms with van der Waals surface area (Å²) in [6, 6.07) is 33.4. The summed E-state index contributed by atoms with van der Waals surface area (Å²) in [6.07, 6.45) is 0. The lowest BCUT2D eigenvalue weighted by Crippen LogP contribution is -2.56. The molecule has 2 N–H and O–H groups in total. The molecule has 6 rings (SSSR count). The average molecular weight is 565 g/mol. The van der Waals surface area contributed by atoms with Gasteiger partial charge in [-0.25, -0.2) is 4.90 Å². The summed E-state index contributed by atoms with van der Waals surface area (Å²) in [5, 5.41) is 6.00. The monoisotopic (exact) mass is 564 g/mol. The van der Waals surface area contributed by atoms with Gasteiger partial charge in [0.15, 0.2) is 5.78 Å². The number of rotatable bonds is 10. The van der Waals surface area contributed by atoms with Crippen LogP contribution in [-0.4, -0.2) is 23.1 Å². The third kappa shape index (κ3) is 5.45. The summed E-state index contributed by atoms with van der Waals surface area (Å²) in [4.78, 5) is 15.6. The second kappa shape index (κ2) is 11.1. The summed E-state index contributed by atoms with van der Waals surface area (Å²) in [5.74, 6) is 0.000642. The number of ketones is 1. The lowest BCUT2D eigenvalue weighted by Gasteiger charge is -2.40. The number of nitrogens with zero attached hydrogens (tertiary/aromatic N) is 1. The number of carbonyl (C=O) groups excluding carboxylic acids is 1. The smallest absolute Gasteiger partial charge is 0.313 e. The molecule has 0 atom stereocenters. The van der Waals surface area contributed by atoms with E-state index in [0.717, 1.165) is 25.7 Å². The Hall–Kier alpha value is -4.17. The quantitative estimate of drug-likeness (QED) is 0.103. The second-order valence-corrected chi connectivity index (χ2v) is 11.5. The fraction of sp³-hybridized carbons (Fsp3) is 0.121. The first-order valence-corrected chi connectivity index (χ1v) is 14.7. The van der Waals surface area contributed by atoms with Crippen molar-refractivity contribution in [3.63, 3.8) is 0 Å². The third-order valence-electron chi connectivity index (χ3n) is 6.82. The summed E-state index contributed by atoms with van der Waals surface area (Å²) in [7, 11) is 0. The van der Waals surface area contributed by atoms with Gasteiger partial charge in [0.2, 0.25) is 0 Å². The van der Waals surface area contributed by atoms with E-state index in [9.17, 15) is 4.79 Å². The molecule has 0 saturated carbocycles. The molecule has 0 aliphatic carbocycles. The molecule has 0 saturated heterocycles. The minimum atomic E-state index is -1.33. The Morgan fingerprint density at radius 3 is 1.95 bits per heavy atom. The van der Waals surface area contributed by atoms with E-state index in [4.69, 9.17) is 15.2 Å². The molecule has 2 aromatic heterocycles. The highest BCUT2D eigenvalue weighted by Gasteiger charge is 2.40. The van der Waals surface area contributed by atoms with Gasteiger partial charge in [-0.3, -0.25) is 4.79 Å². The largest absolute Gasteiger partial charge is 0.438 e. The Bertz CT molecular complexity index is 1700. The number of thiophene rings is 2. The predicted octanol–water partition coefficient (Wildman–Crippen LogP) is 8.21. The summed E-state index contributed by atoms with van der Waals surface area (Å²) in [6.45, 7) is 2.37. The highest BCUT2D eigenvalue weighted by Crippen LogP contribution is 2.39. The van der Waals surface area contributed by atoms with Gasteiger partial charge in [0.1, 0.15) is 11.5 Å². The number of nitrogen functional groups attached to an aromatic ring is 1. The Labute approximate surface area is 241 Å². The summed E-state index contributed by atoms with van der Waals surface area (Å²) < 4.78 is 15.9. The third-order valence-corrected chi connectivity index (χ3v) is 8.71. The molecule has 40 heavy (non-hydrogen) atoms. The van der Waals surface area contributed by atoms with Crippen LogP contribution < -0.4 is 15.2 Å². The minimum absolute atomic E-state index is 0.0546. The van der Waals surface area contributed by atoms with E-state index in [1.54, 1.807) is 46.9 Å². The number of hydrogen-bond acceptors (Lipinski definition) is 7. The molecule has 0 spiro atoms. The zero-order valence-electron chi connectivity index (χ0n) is 21.9. The molecule has 0 aliphatic heterocycles. The molecule has 7 heteroatoms. The van der Waals surface area contributed by atoms with E-state index in [2.05, 4.69) is 12.1 Å². The molecule has 6 aromatic rings. The molecule has 200 valence electrons. The van der Waals surface area contributed by atoms with E-state index in [0.29, 0.717) is 29.3 Å². The number of Topliss-reactive ketones (excluding diaryl/α,β-unsaturated/α-hetero) is 1. The van der Waals surface area contributed by atoms with Gasteiger partial charge < -0.3 is 15.2 Å². The molecule has 0 radical (unpaired) electrons. The first kappa shape index (κ1) is 26.1. The van der Waals surface area contributed by atoms with Crippen molar-refractivity contribution in [1.29, 1.82) is 0 Å². The van der Waals surface area contributed by atoms with Crippen LogP contribution >= 0.6 is 22.7 Å². The van der Waals surface area contributed by atoms with Crippen molar-refractivity contribution in [2.75, 3.05) is 12.3 Å². The maximum atomic E-state index is 13.7. The van der Waals surface area contributed by atoms with Crippen LogP contribution in [0.4, 0.5) is 5.69 Å². The van der Waals surface area contributed by atoms with Crippen molar-refractivity contribution < 1.29 is 14.3 Å². The van der Waals surface area contributed by atoms with Crippen LogP contribution in [0.1, 0.15) is 22.8 Å². The topological polar surface area (TPSA) is 64.8 Å². The van der Waals surface area contributed by atoms with Gasteiger partial charge in [0, 0.05) is 55.7 Å². The first-order valence-electron chi connectivity index (χ1n) is 13.0. The molecular formula is C33H28N2O3S2. The summed E-state index contributed by atoms with van der Waals surface area (Å²) in [5.41, 5.74) is 8.13. The first-order chi connectivity index (χ1) is 19.5. The minimum Gasteiger partial charge on any atom is -0.438 e. The predicted molar refractivity (Wildman–Crippen MR) is 165 cm³/mol. The van der Waals surface area contributed by atoms with Crippen LogP contribution in [0.3, 0.4) is 0 Å². The van der Waals surface area contributed by atoms with Gasteiger partial charge in [-0.1, -0.05) is 66.7 Å². The van der Waals surface area contributed by atoms with Gasteiger partial charge in [-0.15, -0.1) is 22.7 Å². The molecule has 0 amide bonds. The van der Waals surface area contributed by atoms with Gasteiger partial charge in [-0.05, 0) is 42.0 Å². The van der Waals surface area contributed by atoms with Crippen molar-refractivity contribution in [3.05, 3.63) is 125 Å². The molecule has 5 nitrogen and oxygen atoms in total. The van der Waals surface area contributed by atoms with Gasteiger partial charge in [-0.2, -0.15) is 0 Å². The molecule has 2 heterocycles. The number of anilines is 1. The zero-order valence-corrected chi connectivity index (χ0v) is 23.6. The number of ether oxygens (including phenoxy) is 2. The van der Waals surface area contributed by atoms with E-state index in [-0.39, 0.29) is 12.3 Å². The van der Waals surface area contributed by atoms with Crippen molar-refractivity contribution in [2.24, 2.45) is 0 Å². The maximum absolute atomic E-state index is 13.7. The molecule has 0 fully saturated rings. The number of nitrogens with two attached hydrogens (primary N) is 1.